The molecule has 3 nitrogen and oxygen atoms in total. The molecule has 0 aliphatic carbocycles. The van der Waals surface area contributed by atoms with Gasteiger partial charge in [-0.1, -0.05) is 0 Å². The van der Waals surface area contributed by atoms with Crippen LogP contribution in [-0.2, 0) is 6.42 Å². The summed E-state index contributed by atoms with van der Waals surface area (Å²) >= 11 is 3.52. The van der Waals surface area contributed by atoms with E-state index in [4.69, 9.17) is 9.84 Å². The highest BCUT2D eigenvalue weighted by Gasteiger charge is 2.09. The number of hydrogen-bond donors (Lipinski definition) is 2. The number of nitrogens with one attached hydrogen (secondary N) is 1. The van der Waals surface area contributed by atoms with Gasteiger partial charge in [0.25, 0.3) is 0 Å². The highest BCUT2D eigenvalue weighted by atomic mass is 79.9. The van der Waals surface area contributed by atoms with Gasteiger partial charge in [0, 0.05) is 18.2 Å². The van der Waals surface area contributed by atoms with Crippen molar-refractivity contribution < 1.29 is 9.84 Å². The molecule has 0 saturated heterocycles. The van der Waals surface area contributed by atoms with Gasteiger partial charge in [-0.15, -0.1) is 0 Å². The molecule has 2 aromatic rings. The molecule has 0 bridgehead atoms. The molecule has 86 valence electrons. The summed E-state index contributed by atoms with van der Waals surface area (Å²) in [5.74, 6) is 0.822. The third-order valence-corrected chi connectivity index (χ3v) is 3.45. The maximum Gasteiger partial charge on any atom is 0.135 e. The standard InChI is InChI=1S/C12H14BrNO2/c1-16-10-5-4-9-8(3-2-6-15)7-14-12(9)11(10)13/h4-5,7,14-15H,2-3,6H2,1H3. The number of benzene rings is 1. The summed E-state index contributed by atoms with van der Waals surface area (Å²) in [6.07, 6.45) is 3.66. The van der Waals surface area contributed by atoms with E-state index in [9.17, 15) is 0 Å². The molecular formula is C12H14BrNO2. The van der Waals surface area contributed by atoms with E-state index in [1.165, 1.54) is 10.9 Å². The third-order valence-electron chi connectivity index (χ3n) is 2.67. The Morgan fingerprint density at radius 2 is 2.25 bits per heavy atom. The van der Waals surface area contributed by atoms with Crippen molar-refractivity contribution >= 4 is 26.8 Å². The van der Waals surface area contributed by atoms with E-state index in [-0.39, 0.29) is 6.61 Å². The number of aromatic amines is 1. The van der Waals surface area contributed by atoms with Gasteiger partial charge in [-0.25, -0.2) is 0 Å². The minimum atomic E-state index is 0.226. The minimum absolute atomic E-state index is 0.226. The average molecular weight is 284 g/mol. The molecule has 1 aromatic carbocycles. The first-order valence-electron chi connectivity index (χ1n) is 5.21. The molecule has 0 unspecified atom stereocenters. The number of ether oxygens (including phenoxy) is 1. The summed E-state index contributed by atoms with van der Waals surface area (Å²) in [5.41, 5.74) is 2.28. The molecule has 0 atom stereocenters. The first-order valence-corrected chi connectivity index (χ1v) is 6.00. The average Bonchev–Trinajstić information content (AvgIpc) is 2.71. The van der Waals surface area contributed by atoms with Gasteiger partial charge >= 0.3 is 0 Å². The number of aliphatic hydroxyl groups excluding tert-OH is 1. The number of halogens is 1. The van der Waals surface area contributed by atoms with Crippen LogP contribution in [0, 0.1) is 0 Å². The normalized spacial score (nSPS) is 10.9. The number of aryl methyl sites for hydroxylation is 1. The Kier molecular flexibility index (Phi) is 3.51. The van der Waals surface area contributed by atoms with Gasteiger partial charge in [0.15, 0.2) is 0 Å². The van der Waals surface area contributed by atoms with Crippen molar-refractivity contribution in [3.05, 3.63) is 28.4 Å². The largest absolute Gasteiger partial charge is 0.495 e. The Bertz CT molecular complexity index is 493. The summed E-state index contributed by atoms with van der Waals surface area (Å²) in [5, 5.41) is 10.0. The predicted octanol–water partition coefficient (Wildman–Crippen LogP) is 2.86. The molecule has 0 amide bonds. The fraction of sp³-hybridized carbons (Fsp3) is 0.333. The molecule has 0 saturated carbocycles. The summed E-state index contributed by atoms with van der Waals surface area (Å²) in [6.45, 7) is 0.226. The lowest BCUT2D eigenvalue weighted by molar-refractivity contribution is 0.289. The van der Waals surface area contributed by atoms with Crippen molar-refractivity contribution in [2.45, 2.75) is 12.8 Å². The summed E-state index contributed by atoms with van der Waals surface area (Å²) < 4.78 is 6.18. The number of hydrogen-bond acceptors (Lipinski definition) is 2. The van der Waals surface area contributed by atoms with Crippen molar-refractivity contribution in [2.24, 2.45) is 0 Å². The maximum absolute atomic E-state index is 8.83. The van der Waals surface area contributed by atoms with E-state index >= 15 is 0 Å². The number of aromatic nitrogens is 1. The van der Waals surface area contributed by atoms with Gasteiger partial charge in [0.2, 0.25) is 0 Å². The molecule has 4 heteroatoms. The second-order valence-electron chi connectivity index (χ2n) is 3.65. The molecule has 2 N–H and O–H groups in total. The van der Waals surface area contributed by atoms with Crippen LogP contribution in [0.4, 0.5) is 0 Å². The van der Waals surface area contributed by atoms with Crippen LogP contribution >= 0.6 is 15.9 Å². The topological polar surface area (TPSA) is 45.2 Å². The number of rotatable bonds is 4. The predicted molar refractivity (Wildman–Crippen MR) is 68.0 cm³/mol. The first kappa shape index (κ1) is 11.5. The smallest absolute Gasteiger partial charge is 0.135 e. The first-order chi connectivity index (χ1) is 7.77. The van der Waals surface area contributed by atoms with Crippen molar-refractivity contribution in [1.29, 1.82) is 0 Å². The van der Waals surface area contributed by atoms with Crippen LogP contribution in [0.1, 0.15) is 12.0 Å². The van der Waals surface area contributed by atoms with Gasteiger partial charge in [0.1, 0.15) is 5.75 Å². The van der Waals surface area contributed by atoms with Gasteiger partial charge in [-0.05, 0) is 46.5 Å². The third kappa shape index (κ3) is 1.95. The zero-order valence-electron chi connectivity index (χ0n) is 9.09. The van der Waals surface area contributed by atoms with Crippen LogP contribution < -0.4 is 4.74 Å². The molecule has 2 rings (SSSR count). The SMILES string of the molecule is COc1ccc2c(CCCO)c[nH]c2c1Br. The summed E-state index contributed by atoms with van der Waals surface area (Å²) in [4.78, 5) is 3.23. The Labute approximate surface area is 103 Å². The van der Waals surface area contributed by atoms with Gasteiger partial charge < -0.3 is 14.8 Å². The summed E-state index contributed by atoms with van der Waals surface area (Å²) in [6, 6.07) is 3.99. The lowest BCUT2D eigenvalue weighted by Gasteiger charge is -2.04. The summed E-state index contributed by atoms with van der Waals surface area (Å²) in [7, 11) is 1.65. The van der Waals surface area contributed by atoms with Crippen LogP contribution in [0.2, 0.25) is 0 Å². The Hall–Kier alpha value is -1.00. The minimum Gasteiger partial charge on any atom is -0.495 e. The monoisotopic (exact) mass is 283 g/mol. The van der Waals surface area contributed by atoms with Crippen molar-refractivity contribution in [1.82, 2.24) is 4.98 Å². The number of aliphatic hydroxyl groups is 1. The van der Waals surface area contributed by atoms with Crippen LogP contribution in [0.3, 0.4) is 0 Å². The fourth-order valence-electron chi connectivity index (χ4n) is 1.84. The van der Waals surface area contributed by atoms with Crippen molar-refractivity contribution in [2.75, 3.05) is 13.7 Å². The number of H-pyrrole nitrogens is 1. The number of methoxy groups -OCH3 is 1. The van der Waals surface area contributed by atoms with Crippen LogP contribution in [0.15, 0.2) is 22.8 Å². The Morgan fingerprint density at radius 1 is 1.44 bits per heavy atom. The molecule has 0 aliphatic heterocycles. The lowest BCUT2D eigenvalue weighted by Crippen LogP contribution is -1.88. The Balaban J connectivity index is 2.45. The zero-order chi connectivity index (χ0) is 11.5. The molecule has 1 heterocycles. The van der Waals surface area contributed by atoms with Crippen molar-refractivity contribution in [3.8, 4) is 5.75 Å². The van der Waals surface area contributed by atoms with E-state index in [1.807, 2.05) is 18.3 Å². The van der Waals surface area contributed by atoms with Gasteiger partial charge in [-0.3, -0.25) is 0 Å². The van der Waals surface area contributed by atoms with Crippen LogP contribution in [-0.4, -0.2) is 23.8 Å². The molecule has 0 spiro atoms. The van der Waals surface area contributed by atoms with E-state index in [1.54, 1.807) is 7.11 Å². The highest BCUT2D eigenvalue weighted by molar-refractivity contribution is 9.10. The molecule has 16 heavy (non-hydrogen) atoms. The fourth-order valence-corrected chi connectivity index (χ4v) is 2.46. The molecule has 0 aliphatic rings. The van der Waals surface area contributed by atoms with Crippen LogP contribution in [0.5, 0.6) is 5.75 Å². The quantitative estimate of drug-likeness (QED) is 0.906. The molecule has 0 fully saturated rings. The van der Waals surface area contributed by atoms with Crippen molar-refractivity contribution in [3.63, 3.8) is 0 Å². The maximum atomic E-state index is 8.83. The van der Waals surface area contributed by atoms with Crippen LogP contribution in [0.25, 0.3) is 10.9 Å². The second kappa shape index (κ2) is 4.89. The lowest BCUT2D eigenvalue weighted by atomic mass is 10.1. The van der Waals surface area contributed by atoms with Gasteiger partial charge in [0.05, 0.1) is 17.1 Å². The van der Waals surface area contributed by atoms with E-state index < -0.39 is 0 Å². The molecular weight excluding hydrogens is 270 g/mol. The van der Waals surface area contributed by atoms with E-state index in [2.05, 4.69) is 20.9 Å². The zero-order valence-corrected chi connectivity index (χ0v) is 10.7. The van der Waals surface area contributed by atoms with Gasteiger partial charge in [-0.2, -0.15) is 0 Å². The van der Waals surface area contributed by atoms with E-state index in [0.717, 1.165) is 28.6 Å². The molecule has 0 radical (unpaired) electrons. The second-order valence-corrected chi connectivity index (χ2v) is 4.44. The highest BCUT2D eigenvalue weighted by Crippen LogP contribution is 2.34. The molecule has 1 aromatic heterocycles. The number of fused-ring (bicyclic) bond motifs is 1. The van der Waals surface area contributed by atoms with E-state index in [0.29, 0.717) is 0 Å². The Morgan fingerprint density at radius 3 is 2.94 bits per heavy atom.